The molecule has 5 nitrogen and oxygen atoms in total. The van der Waals surface area contributed by atoms with Gasteiger partial charge in [0.25, 0.3) is 0 Å². The molecule has 1 amide bonds. The fraction of sp³-hybridized carbons (Fsp3) is 0.412. The number of aromatic nitrogens is 2. The van der Waals surface area contributed by atoms with Crippen molar-refractivity contribution in [2.24, 2.45) is 11.7 Å². The highest BCUT2D eigenvalue weighted by Crippen LogP contribution is 2.34. The Morgan fingerprint density at radius 1 is 1.24 bits per heavy atom. The van der Waals surface area contributed by atoms with E-state index in [9.17, 15) is 18.0 Å². The van der Waals surface area contributed by atoms with Crippen LogP contribution in [0.15, 0.2) is 36.5 Å². The average Bonchev–Trinajstić information content (AvgIpc) is 3.04. The minimum Gasteiger partial charge on any atom is -0.368 e. The molecule has 2 aromatic rings. The largest absolute Gasteiger partial charge is 0.407 e. The third-order valence-electron chi connectivity index (χ3n) is 3.80. The number of amides is 1. The Bertz CT molecular complexity index is 681. The first-order valence-corrected chi connectivity index (χ1v) is 7.90. The van der Waals surface area contributed by atoms with Gasteiger partial charge in [-0.05, 0) is 29.5 Å². The number of carbonyl (C=O) groups is 1. The topological polar surface area (TPSA) is 83.8 Å². The van der Waals surface area contributed by atoms with E-state index in [1.165, 1.54) is 12.1 Å². The number of hydrogen-bond donors (Lipinski definition) is 3. The van der Waals surface area contributed by atoms with E-state index in [1.54, 1.807) is 24.4 Å². The summed E-state index contributed by atoms with van der Waals surface area (Å²) >= 11 is 0. The molecule has 0 unspecified atom stereocenters. The number of hydrogen-bond acceptors (Lipinski definition) is 3. The Morgan fingerprint density at radius 3 is 2.32 bits per heavy atom. The molecule has 0 saturated heterocycles. The molecule has 4 N–H and O–H groups in total. The van der Waals surface area contributed by atoms with Gasteiger partial charge in [-0.2, -0.15) is 18.3 Å². The number of carbonyl (C=O) groups excluding carboxylic acids is 1. The van der Waals surface area contributed by atoms with Crippen molar-refractivity contribution in [3.63, 3.8) is 0 Å². The van der Waals surface area contributed by atoms with Crippen molar-refractivity contribution in [1.82, 2.24) is 15.5 Å². The Hall–Kier alpha value is -2.35. The van der Waals surface area contributed by atoms with Crippen molar-refractivity contribution in [2.45, 2.75) is 38.5 Å². The van der Waals surface area contributed by atoms with Crippen molar-refractivity contribution < 1.29 is 18.0 Å². The smallest absolute Gasteiger partial charge is 0.368 e. The summed E-state index contributed by atoms with van der Waals surface area (Å²) in [5, 5.41) is 8.94. The van der Waals surface area contributed by atoms with E-state index >= 15 is 0 Å². The second-order valence-corrected chi connectivity index (χ2v) is 6.32. The van der Waals surface area contributed by atoms with E-state index in [0.717, 1.165) is 5.56 Å². The normalized spacial score (nSPS) is 14.5. The molecular formula is C17H21F3N4O. The molecule has 0 aliphatic heterocycles. The van der Waals surface area contributed by atoms with Crippen LogP contribution < -0.4 is 11.1 Å². The van der Waals surface area contributed by atoms with E-state index in [-0.39, 0.29) is 17.9 Å². The Labute approximate surface area is 143 Å². The van der Waals surface area contributed by atoms with Crippen LogP contribution in [0.25, 0.3) is 11.3 Å². The predicted octanol–water partition coefficient (Wildman–Crippen LogP) is 3.17. The maximum absolute atomic E-state index is 13.5. The summed E-state index contributed by atoms with van der Waals surface area (Å²) in [6.45, 7) is 3.64. The molecular weight excluding hydrogens is 333 g/mol. The summed E-state index contributed by atoms with van der Waals surface area (Å²) in [5.41, 5.74) is 6.71. The highest BCUT2D eigenvalue weighted by Gasteiger charge is 2.42. The number of aromatic amines is 1. The number of H-pyrrole nitrogens is 1. The summed E-state index contributed by atoms with van der Waals surface area (Å²) in [6.07, 6.45) is -2.76. The summed E-state index contributed by atoms with van der Waals surface area (Å²) < 4.78 is 40.5. The first kappa shape index (κ1) is 19.0. The minimum absolute atomic E-state index is 0.0192. The van der Waals surface area contributed by atoms with Crippen LogP contribution in [0, 0.1) is 5.92 Å². The molecule has 1 heterocycles. The van der Waals surface area contributed by atoms with Gasteiger partial charge in [-0.3, -0.25) is 15.2 Å². The highest BCUT2D eigenvalue weighted by molar-refractivity contribution is 5.79. The van der Waals surface area contributed by atoms with Crippen LogP contribution in [0.3, 0.4) is 0 Å². The van der Waals surface area contributed by atoms with Crippen LogP contribution in [-0.4, -0.2) is 28.3 Å². The number of rotatable bonds is 7. The Morgan fingerprint density at radius 2 is 1.88 bits per heavy atom. The molecule has 0 fully saturated rings. The highest BCUT2D eigenvalue weighted by atomic mass is 19.4. The third kappa shape index (κ3) is 5.06. The first-order valence-electron chi connectivity index (χ1n) is 7.90. The molecule has 8 heteroatoms. The summed E-state index contributed by atoms with van der Waals surface area (Å²) in [5.74, 6) is -0.765. The minimum atomic E-state index is -4.56. The van der Waals surface area contributed by atoms with E-state index < -0.39 is 24.2 Å². The van der Waals surface area contributed by atoms with Gasteiger partial charge in [0.15, 0.2) is 0 Å². The summed E-state index contributed by atoms with van der Waals surface area (Å²) in [6, 6.07) is 4.61. The fourth-order valence-corrected chi connectivity index (χ4v) is 2.59. The number of nitrogens with zero attached hydrogens (tertiary/aromatic N) is 1. The second kappa shape index (κ2) is 7.69. The van der Waals surface area contributed by atoms with Gasteiger partial charge in [0.2, 0.25) is 5.91 Å². The van der Waals surface area contributed by atoms with Gasteiger partial charge in [0, 0.05) is 6.20 Å². The molecule has 0 aliphatic rings. The molecule has 0 saturated carbocycles. The zero-order valence-electron chi connectivity index (χ0n) is 14.0. The van der Waals surface area contributed by atoms with Crippen molar-refractivity contribution in [3.05, 3.63) is 42.1 Å². The molecule has 1 aromatic heterocycles. The molecule has 136 valence electrons. The molecule has 2 rings (SSSR count). The lowest BCUT2D eigenvalue weighted by atomic mass is 9.99. The van der Waals surface area contributed by atoms with Gasteiger partial charge >= 0.3 is 6.18 Å². The SMILES string of the molecule is CC(C)C[C@H](N[C@@H](c1ccc(-c2ccn[nH]2)cc1)C(F)(F)F)C(N)=O. The van der Waals surface area contributed by atoms with Crippen LogP contribution in [0.2, 0.25) is 0 Å². The predicted molar refractivity (Wildman–Crippen MR) is 88.4 cm³/mol. The molecule has 0 spiro atoms. The maximum atomic E-state index is 13.5. The van der Waals surface area contributed by atoms with Crippen molar-refractivity contribution in [1.29, 1.82) is 0 Å². The first-order chi connectivity index (χ1) is 11.7. The maximum Gasteiger partial charge on any atom is 0.407 e. The molecule has 25 heavy (non-hydrogen) atoms. The Kier molecular flexibility index (Phi) is 5.84. The molecule has 0 radical (unpaired) electrons. The van der Waals surface area contributed by atoms with Gasteiger partial charge in [-0.25, -0.2) is 0 Å². The summed E-state index contributed by atoms with van der Waals surface area (Å²) in [7, 11) is 0. The van der Waals surface area contributed by atoms with Gasteiger partial charge in [0.1, 0.15) is 6.04 Å². The molecule has 0 aliphatic carbocycles. The van der Waals surface area contributed by atoms with Crippen LogP contribution in [0.5, 0.6) is 0 Å². The van der Waals surface area contributed by atoms with E-state index in [4.69, 9.17) is 5.73 Å². The van der Waals surface area contributed by atoms with Crippen molar-refractivity contribution in [3.8, 4) is 11.3 Å². The number of nitrogens with one attached hydrogen (secondary N) is 2. The van der Waals surface area contributed by atoms with E-state index in [2.05, 4.69) is 15.5 Å². The zero-order chi connectivity index (χ0) is 18.6. The number of alkyl halides is 3. The van der Waals surface area contributed by atoms with Gasteiger partial charge in [-0.15, -0.1) is 0 Å². The zero-order valence-corrected chi connectivity index (χ0v) is 14.0. The van der Waals surface area contributed by atoms with Crippen LogP contribution in [0.4, 0.5) is 13.2 Å². The molecule has 0 bridgehead atoms. The lowest BCUT2D eigenvalue weighted by Crippen LogP contribution is -2.47. The Balaban J connectivity index is 2.26. The summed E-state index contributed by atoms with van der Waals surface area (Å²) in [4.78, 5) is 11.5. The third-order valence-corrected chi connectivity index (χ3v) is 3.80. The quantitative estimate of drug-likeness (QED) is 0.714. The molecule has 2 atom stereocenters. The van der Waals surface area contributed by atoms with Crippen LogP contribution in [0.1, 0.15) is 31.9 Å². The van der Waals surface area contributed by atoms with E-state index in [1.807, 2.05) is 13.8 Å². The molecule has 1 aromatic carbocycles. The average molecular weight is 354 g/mol. The monoisotopic (exact) mass is 354 g/mol. The lowest BCUT2D eigenvalue weighted by molar-refractivity contribution is -0.160. The van der Waals surface area contributed by atoms with Crippen molar-refractivity contribution in [2.75, 3.05) is 0 Å². The number of nitrogens with two attached hydrogens (primary N) is 1. The van der Waals surface area contributed by atoms with Gasteiger partial charge in [0.05, 0.1) is 11.7 Å². The van der Waals surface area contributed by atoms with Crippen molar-refractivity contribution >= 4 is 5.91 Å². The number of primary amides is 1. The van der Waals surface area contributed by atoms with Crippen LogP contribution >= 0.6 is 0 Å². The van der Waals surface area contributed by atoms with E-state index in [0.29, 0.717) is 5.69 Å². The van der Waals surface area contributed by atoms with Gasteiger partial charge < -0.3 is 5.73 Å². The number of benzene rings is 1. The lowest BCUT2D eigenvalue weighted by Gasteiger charge is -2.27. The standard InChI is InChI=1S/C17H21F3N4O/c1-10(2)9-14(16(21)25)23-15(17(18,19)20)12-5-3-11(4-6-12)13-7-8-22-24-13/h3-8,10,14-15,23H,9H2,1-2H3,(H2,21,25)(H,22,24)/t14-,15-/m0/s1. The second-order valence-electron chi connectivity index (χ2n) is 6.32. The number of halogens is 3. The fourth-order valence-electron chi connectivity index (χ4n) is 2.59. The van der Waals surface area contributed by atoms with Gasteiger partial charge in [-0.1, -0.05) is 38.1 Å². The van der Waals surface area contributed by atoms with Crippen LogP contribution in [-0.2, 0) is 4.79 Å².